The lowest BCUT2D eigenvalue weighted by Gasteiger charge is -2.09. The fourth-order valence-corrected chi connectivity index (χ4v) is 3.22. The van der Waals surface area contributed by atoms with Gasteiger partial charge in [-0.05, 0) is 54.6 Å². The second-order valence-electron chi connectivity index (χ2n) is 6.84. The lowest BCUT2D eigenvalue weighted by Crippen LogP contribution is -2.28. The van der Waals surface area contributed by atoms with E-state index in [1.165, 1.54) is 6.07 Å². The molecule has 162 valence electrons. The number of aromatic nitrogens is 2. The Hall–Kier alpha value is -3.98. The van der Waals surface area contributed by atoms with Crippen LogP contribution in [0, 0.1) is 11.6 Å². The number of halogens is 3. The third-order valence-corrected chi connectivity index (χ3v) is 4.82. The van der Waals surface area contributed by atoms with Crippen LogP contribution in [0.4, 0.5) is 25.1 Å². The van der Waals surface area contributed by atoms with Crippen LogP contribution in [0.5, 0.6) is 0 Å². The summed E-state index contributed by atoms with van der Waals surface area (Å²) in [5, 5.41) is 15.7. The van der Waals surface area contributed by atoms with Gasteiger partial charge in [0.05, 0.1) is 5.52 Å². The SMILES string of the molecule is O=C(NCc1cc(F)ccc1F)Nc1ccc2[nH]nc(NC(=O)c3cccc(Cl)c3)c2c1. The van der Waals surface area contributed by atoms with Crippen LogP contribution >= 0.6 is 11.6 Å². The molecule has 0 aliphatic rings. The summed E-state index contributed by atoms with van der Waals surface area (Å²) in [5.41, 5.74) is 1.44. The quantitative estimate of drug-likeness (QED) is 0.338. The maximum atomic E-state index is 13.7. The highest BCUT2D eigenvalue weighted by Crippen LogP contribution is 2.25. The van der Waals surface area contributed by atoms with Crippen LogP contribution < -0.4 is 16.0 Å². The molecule has 4 rings (SSSR count). The molecular weight excluding hydrogens is 440 g/mol. The molecule has 1 heterocycles. The van der Waals surface area contributed by atoms with Crippen molar-refractivity contribution in [3.05, 3.63) is 88.4 Å². The van der Waals surface area contributed by atoms with Crippen molar-refractivity contribution in [3.8, 4) is 0 Å². The minimum atomic E-state index is -0.619. The maximum absolute atomic E-state index is 13.7. The highest BCUT2D eigenvalue weighted by Gasteiger charge is 2.13. The van der Waals surface area contributed by atoms with Crippen molar-refractivity contribution in [2.24, 2.45) is 0 Å². The van der Waals surface area contributed by atoms with Crippen molar-refractivity contribution < 1.29 is 18.4 Å². The number of urea groups is 1. The Morgan fingerprint density at radius 3 is 2.66 bits per heavy atom. The molecule has 0 fully saturated rings. The largest absolute Gasteiger partial charge is 0.334 e. The number of aromatic amines is 1. The molecule has 0 saturated heterocycles. The van der Waals surface area contributed by atoms with E-state index in [0.717, 1.165) is 18.2 Å². The Labute approximate surface area is 185 Å². The number of benzene rings is 3. The molecule has 0 saturated carbocycles. The number of hydrogen-bond acceptors (Lipinski definition) is 3. The first-order chi connectivity index (χ1) is 15.4. The van der Waals surface area contributed by atoms with Crippen molar-refractivity contribution in [2.45, 2.75) is 6.54 Å². The molecule has 3 aromatic carbocycles. The number of anilines is 2. The molecule has 32 heavy (non-hydrogen) atoms. The zero-order chi connectivity index (χ0) is 22.7. The molecule has 4 N–H and O–H groups in total. The number of hydrogen-bond donors (Lipinski definition) is 4. The molecule has 0 bridgehead atoms. The second-order valence-corrected chi connectivity index (χ2v) is 7.28. The number of carbonyl (C=O) groups is 2. The predicted octanol–water partition coefficient (Wildman–Crippen LogP) is 5.07. The third-order valence-electron chi connectivity index (χ3n) is 4.59. The first-order valence-corrected chi connectivity index (χ1v) is 9.80. The highest BCUT2D eigenvalue weighted by molar-refractivity contribution is 6.31. The first kappa shape index (κ1) is 21.3. The van der Waals surface area contributed by atoms with Crippen molar-refractivity contribution in [1.82, 2.24) is 15.5 Å². The van der Waals surface area contributed by atoms with E-state index in [2.05, 4.69) is 26.1 Å². The van der Waals surface area contributed by atoms with Gasteiger partial charge in [0.25, 0.3) is 5.91 Å². The maximum Gasteiger partial charge on any atom is 0.319 e. The van der Waals surface area contributed by atoms with Gasteiger partial charge in [0.1, 0.15) is 11.6 Å². The fourth-order valence-electron chi connectivity index (χ4n) is 3.03. The summed E-state index contributed by atoms with van der Waals surface area (Å²) < 4.78 is 26.9. The van der Waals surface area contributed by atoms with Crippen LogP contribution in [0.3, 0.4) is 0 Å². The number of carbonyl (C=O) groups excluding carboxylic acids is 2. The number of nitrogens with zero attached hydrogens (tertiary/aromatic N) is 1. The van der Waals surface area contributed by atoms with Crippen LogP contribution in [-0.4, -0.2) is 22.1 Å². The van der Waals surface area contributed by atoms with Gasteiger partial charge in [-0.1, -0.05) is 17.7 Å². The van der Waals surface area contributed by atoms with Gasteiger partial charge in [0.2, 0.25) is 0 Å². The Morgan fingerprint density at radius 1 is 1.00 bits per heavy atom. The minimum absolute atomic E-state index is 0.0245. The molecule has 1 aromatic heterocycles. The second kappa shape index (κ2) is 9.03. The summed E-state index contributed by atoms with van der Waals surface area (Å²) >= 11 is 5.93. The zero-order valence-corrected chi connectivity index (χ0v) is 17.1. The van der Waals surface area contributed by atoms with Crippen LogP contribution in [0.25, 0.3) is 10.9 Å². The third kappa shape index (κ3) is 4.84. The summed E-state index contributed by atoms with van der Waals surface area (Å²) in [6.07, 6.45) is 0. The van der Waals surface area contributed by atoms with Gasteiger partial charge in [-0.25, -0.2) is 13.6 Å². The monoisotopic (exact) mass is 455 g/mol. The van der Waals surface area contributed by atoms with Gasteiger partial charge in [0.15, 0.2) is 5.82 Å². The molecule has 0 spiro atoms. The van der Waals surface area contributed by atoms with Gasteiger partial charge in [-0.3, -0.25) is 9.89 Å². The Bertz CT molecular complexity index is 1320. The lowest BCUT2D eigenvalue weighted by atomic mass is 10.2. The van der Waals surface area contributed by atoms with E-state index in [9.17, 15) is 18.4 Å². The van der Waals surface area contributed by atoms with Crippen molar-refractivity contribution in [2.75, 3.05) is 10.6 Å². The molecule has 0 unspecified atom stereocenters. The summed E-state index contributed by atoms with van der Waals surface area (Å²) in [5.74, 6) is -1.34. The van der Waals surface area contributed by atoms with E-state index in [-0.39, 0.29) is 17.9 Å². The summed E-state index contributed by atoms with van der Waals surface area (Å²) in [6, 6.07) is 13.8. The Kier molecular flexibility index (Phi) is 6.00. The first-order valence-electron chi connectivity index (χ1n) is 9.43. The zero-order valence-electron chi connectivity index (χ0n) is 16.4. The van der Waals surface area contributed by atoms with E-state index < -0.39 is 23.6 Å². The molecule has 0 aliphatic heterocycles. The highest BCUT2D eigenvalue weighted by atomic mass is 35.5. The van der Waals surface area contributed by atoms with Gasteiger partial charge in [-0.15, -0.1) is 0 Å². The smallest absolute Gasteiger partial charge is 0.319 e. The standard InChI is InChI=1S/C22H16ClF2N5O2/c23-14-3-1-2-12(8-14)21(31)28-20-17-10-16(5-7-19(17)29-30-20)27-22(32)26-11-13-9-15(24)4-6-18(13)25/h1-10H,11H2,(H2,26,27,32)(H2,28,29,30,31). The minimum Gasteiger partial charge on any atom is -0.334 e. The topological polar surface area (TPSA) is 98.9 Å². The summed E-state index contributed by atoms with van der Waals surface area (Å²) in [6.45, 7) is -0.190. The van der Waals surface area contributed by atoms with Crippen LogP contribution in [-0.2, 0) is 6.54 Å². The molecular formula is C22H16ClF2N5O2. The number of amides is 3. The molecule has 7 nitrogen and oxygen atoms in total. The normalized spacial score (nSPS) is 10.7. The fraction of sp³-hybridized carbons (Fsp3) is 0.0455. The van der Waals surface area contributed by atoms with Crippen molar-refractivity contribution in [3.63, 3.8) is 0 Å². The van der Waals surface area contributed by atoms with E-state index in [0.29, 0.717) is 27.2 Å². The van der Waals surface area contributed by atoms with Crippen molar-refractivity contribution >= 4 is 45.9 Å². The number of nitrogens with one attached hydrogen (secondary N) is 4. The molecule has 3 amide bonds. The summed E-state index contributed by atoms with van der Waals surface area (Å²) in [7, 11) is 0. The lowest BCUT2D eigenvalue weighted by molar-refractivity contribution is 0.102. The Morgan fingerprint density at radius 2 is 1.84 bits per heavy atom. The molecule has 0 atom stereocenters. The van der Waals surface area contributed by atoms with Gasteiger partial charge in [-0.2, -0.15) is 5.10 Å². The van der Waals surface area contributed by atoms with E-state index in [1.54, 1.807) is 36.4 Å². The predicted molar refractivity (Wildman–Crippen MR) is 118 cm³/mol. The van der Waals surface area contributed by atoms with Crippen molar-refractivity contribution in [1.29, 1.82) is 0 Å². The van der Waals surface area contributed by atoms with Gasteiger partial charge >= 0.3 is 6.03 Å². The van der Waals surface area contributed by atoms with Crippen LogP contribution in [0.15, 0.2) is 60.7 Å². The number of fused-ring (bicyclic) bond motifs is 1. The van der Waals surface area contributed by atoms with E-state index in [1.807, 2.05) is 0 Å². The molecule has 10 heteroatoms. The van der Waals surface area contributed by atoms with Gasteiger partial charge in [0, 0.05) is 33.8 Å². The number of H-pyrrole nitrogens is 1. The average molecular weight is 456 g/mol. The van der Waals surface area contributed by atoms with Crippen LogP contribution in [0.1, 0.15) is 15.9 Å². The van der Waals surface area contributed by atoms with Crippen LogP contribution in [0.2, 0.25) is 5.02 Å². The van der Waals surface area contributed by atoms with Gasteiger partial charge < -0.3 is 16.0 Å². The van der Waals surface area contributed by atoms with E-state index >= 15 is 0 Å². The molecule has 0 aliphatic carbocycles. The van der Waals surface area contributed by atoms with E-state index in [4.69, 9.17) is 11.6 Å². The summed E-state index contributed by atoms with van der Waals surface area (Å²) in [4.78, 5) is 24.7. The number of rotatable bonds is 5. The molecule has 4 aromatic rings. The molecule has 0 radical (unpaired) electrons. The average Bonchev–Trinajstić information content (AvgIpc) is 3.16. The Balaban J connectivity index is 1.45.